The summed E-state index contributed by atoms with van der Waals surface area (Å²) in [6, 6.07) is 9.14. The highest BCUT2D eigenvalue weighted by Crippen LogP contribution is 2.13. The van der Waals surface area contributed by atoms with Gasteiger partial charge in [0.1, 0.15) is 0 Å². The summed E-state index contributed by atoms with van der Waals surface area (Å²) >= 11 is 0. The van der Waals surface area contributed by atoms with Gasteiger partial charge in [0.15, 0.2) is 5.96 Å². The molecule has 160 valence electrons. The van der Waals surface area contributed by atoms with Crippen molar-refractivity contribution in [2.75, 3.05) is 53.0 Å². The van der Waals surface area contributed by atoms with Gasteiger partial charge in [-0.2, -0.15) is 0 Å². The molecule has 0 aromatic heterocycles. The van der Waals surface area contributed by atoms with Crippen LogP contribution in [0.5, 0.6) is 0 Å². The van der Waals surface area contributed by atoms with Crippen molar-refractivity contribution in [3.8, 4) is 0 Å². The molecule has 1 saturated heterocycles. The van der Waals surface area contributed by atoms with Gasteiger partial charge in [0, 0.05) is 45.8 Å². The molecule has 7 heteroatoms. The Balaban J connectivity index is 0.00000392. The Morgan fingerprint density at radius 2 is 1.79 bits per heavy atom. The average molecular weight is 503 g/mol. The number of nitrogens with one attached hydrogen (secondary N) is 2. The zero-order valence-electron chi connectivity index (χ0n) is 17.9. The Morgan fingerprint density at radius 1 is 1.14 bits per heavy atom. The second-order valence-corrected chi connectivity index (χ2v) is 7.03. The number of ether oxygens (including phenoxy) is 1. The van der Waals surface area contributed by atoms with E-state index in [-0.39, 0.29) is 24.0 Å². The van der Waals surface area contributed by atoms with Crippen LogP contribution in [0.15, 0.2) is 29.3 Å². The van der Waals surface area contributed by atoms with Gasteiger partial charge >= 0.3 is 0 Å². The second-order valence-electron chi connectivity index (χ2n) is 7.03. The molecule has 1 unspecified atom stereocenters. The summed E-state index contributed by atoms with van der Waals surface area (Å²) in [6.45, 7) is 15.1. The van der Waals surface area contributed by atoms with Crippen molar-refractivity contribution in [2.24, 2.45) is 4.99 Å². The normalized spacial score (nSPS) is 16.5. The minimum absolute atomic E-state index is 0. The molecule has 0 aliphatic carbocycles. The molecule has 0 radical (unpaired) electrons. The van der Waals surface area contributed by atoms with E-state index in [0.29, 0.717) is 6.04 Å². The molecule has 2 rings (SSSR count). The number of morpholine rings is 1. The first-order valence-corrected chi connectivity index (χ1v) is 10.2. The number of hydrogen-bond acceptors (Lipinski definition) is 4. The summed E-state index contributed by atoms with van der Waals surface area (Å²) in [4.78, 5) is 9.28. The Hall–Kier alpha value is -0.900. The molecule has 0 bridgehead atoms. The molecule has 1 aromatic rings. The van der Waals surface area contributed by atoms with Gasteiger partial charge in [0.05, 0.1) is 13.2 Å². The van der Waals surface area contributed by atoms with Crippen LogP contribution in [0.4, 0.5) is 0 Å². The van der Waals surface area contributed by atoms with Crippen LogP contribution in [-0.2, 0) is 17.8 Å². The molecule has 0 spiro atoms. The van der Waals surface area contributed by atoms with Crippen molar-refractivity contribution in [2.45, 2.75) is 39.9 Å². The lowest BCUT2D eigenvalue weighted by Gasteiger charge is -2.28. The van der Waals surface area contributed by atoms with E-state index in [4.69, 9.17) is 4.74 Å². The Bertz CT molecular complexity index is 574. The summed E-state index contributed by atoms with van der Waals surface area (Å²) in [6.07, 6.45) is 0. The van der Waals surface area contributed by atoms with Crippen LogP contribution in [-0.4, -0.2) is 74.8 Å². The van der Waals surface area contributed by atoms with Crippen molar-refractivity contribution >= 4 is 29.9 Å². The maximum Gasteiger partial charge on any atom is 0.191 e. The lowest BCUT2D eigenvalue weighted by Crippen LogP contribution is -2.45. The SMILES string of the molecule is CCN(CC)C(C)CNC(=NC)NCc1ccccc1CN1CCOCC1.I. The quantitative estimate of drug-likeness (QED) is 0.308. The van der Waals surface area contributed by atoms with E-state index in [0.717, 1.165) is 65.0 Å². The fraction of sp³-hybridized carbons (Fsp3) is 0.667. The third-order valence-electron chi connectivity index (χ3n) is 5.29. The number of rotatable bonds is 9. The van der Waals surface area contributed by atoms with Crippen molar-refractivity contribution in [1.82, 2.24) is 20.4 Å². The molecule has 1 fully saturated rings. The highest BCUT2D eigenvalue weighted by atomic mass is 127. The zero-order chi connectivity index (χ0) is 19.5. The molecule has 0 saturated carbocycles. The van der Waals surface area contributed by atoms with E-state index in [1.165, 1.54) is 11.1 Å². The highest BCUT2D eigenvalue weighted by Gasteiger charge is 2.13. The fourth-order valence-corrected chi connectivity index (χ4v) is 3.50. The fourth-order valence-electron chi connectivity index (χ4n) is 3.50. The highest BCUT2D eigenvalue weighted by molar-refractivity contribution is 14.0. The first kappa shape index (κ1) is 25.1. The largest absolute Gasteiger partial charge is 0.379 e. The molecule has 2 N–H and O–H groups in total. The lowest BCUT2D eigenvalue weighted by molar-refractivity contribution is 0.0341. The van der Waals surface area contributed by atoms with Crippen LogP contribution in [0.1, 0.15) is 31.9 Å². The molecule has 28 heavy (non-hydrogen) atoms. The number of guanidine groups is 1. The van der Waals surface area contributed by atoms with Crippen LogP contribution in [0.3, 0.4) is 0 Å². The molecule has 0 amide bonds. The van der Waals surface area contributed by atoms with Crippen LogP contribution in [0.25, 0.3) is 0 Å². The second kappa shape index (κ2) is 14.1. The van der Waals surface area contributed by atoms with Crippen molar-refractivity contribution < 1.29 is 4.74 Å². The van der Waals surface area contributed by atoms with E-state index in [2.05, 4.69) is 70.5 Å². The number of hydrogen-bond donors (Lipinski definition) is 2. The van der Waals surface area contributed by atoms with Crippen LogP contribution in [0.2, 0.25) is 0 Å². The van der Waals surface area contributed by atoms with Gasteiger partial charge in [-0.1, -0.05) is 38.1 Å². The topological polar surface area (TPSA) is 52.1 Å². The summed E-state index contributed by atoms with van der Waals surface area (Å²) in [7, 11) is 1.83. The van der Waals surface area contributed by atoms with Crippen molar-refractivity contribution in [3.05, 3.63) is 35.4 Å². The van der Waals surface area contributed by atoms with Gasteiger partial charge < -0.3 is 15.4 Å². The Labute approximate surface area is 188 Å². The molecule has 1 aromatic carbocycles. The molecule has 1 atom stereocenters. The Kier molecular flexibility index (Phi) is 12.7. The summed E-state index contributed by atoms with van der Waals surface area (Å²) in [5.41, 5.74) is 2.70. The molecular weight excluding hydrogens is 465 g/mol. The van der Waals surface area contributed by atoms with E-state index >= 15 is 0 Å². The standard InChI is InChI=1S/C21H37N5O.HI/c1-5-26(6-2)18(3)15-23-21(22-4)24-16-19-9-7-8-10-20(19)17-25-11-13-27-14-12-25;/h7-10,18H,5-6,11-17H2,1-4H3,(H2,22,23,24);1H. The van der Waals surface area contributed by atoms with E-state index in [1.54, 1.807) is 0 Å². The van der Waals surface area contributed by atoms with Gasteiger partial charge in [0.2, 0.25) is 0 Å². The van der Waals surface area contributed by atoms with Crippen LogP contribution >= 0.6 is 24.0 Å². The number of halogens is 1. The predicted octanol–water partition coefficient (Wildman–Crippen LogP) is 2.53. The molecular formula is C21H38IN5O. The average Bonchev–Trinajstić information content (AvgIpc) is 2.71. The maximum absolute atomic E-state index is 5.46. The number of likely N-dealkylation sites (N-methyl/N-ethyl adjacent to an activating group) is 1. The monoisotopic (exact) mass is 503 g/mol. The summed E-state index contributed by atoms with van der Waals surface area (Å²) in [5.74, 6) is 0.857. The van der Waals surface area contributed by atoms with E-state index in [9.17, 15) is 0 Å². The molecule has 1 aliphatic rings. The first-order chi connectivity index (χ1) is 13.2. The smallest absolute Gasteiger partial charge is 0.191 e. The van der Waals surface area contributed by atoms with Crippen molar-refractivity contribution in [1.29, 1.82) is 0 Å². The minimum atomic E-state index is 0. The minimum Gasteiger partial charge on any atom is -0.379 e. The summed E-state index contributed by atoms with van der Waals surface area (Å²) in [5, 5.41) is 6.93. The molecule has 1 heterocycles. The zero-order valence-corrected chi connectivity index (χ0v) is 20.2. The third kappa shape index (κ3) is 8.23. The first-order valence-electron chi connectivity index (χ1n) is 10.2. The number of nitrogens with zero attached hydrogens (tertiary/aromatic N) is 3. The van der Waals surface area contributed by atoms with Gasteiger partial charge in [-0.25, -0.2) is 0 Å². The maximum atomic E-state index is 5.46. The third-order valence-corrected chi connectivity index (χ3v) is 5.29. The van der Waals surface area contributed by atoms with Gasteiger partial charge in [-0.15, -0.1) is 24.0 Å². The van der Waals surface area contributed by atoms with Crippen LogP contribution in [0, 0.1) is 0 Å². The molecule has 1 aliphatic heterocycles. The molecule has 6 nitrogen and oxygen atoms in total. The number of benzene rings is 1. The lowest BCUT2D eigenvalue weighted by atomic mass is 10.1. The van der Waals surface area contributed by atoms with Crippen molar-refractivity contribution in [3.63, 3.8) is 0 Å². The van der Waals surface area contributed by atoms with Gasteiger partial charge in [0.25, 0.3) is 0 Å². The number of aliphatic imine (C=N–C) groups is 1. The van der Waals surface area contributed by atoms with E-state index in [1.807, 2.05) is 7.05 Å². The summed E-state index contributed by atoms with van der Waals surface area (Å²) < 4.78 is 5.46. The van der Waals surface area contributed by atoms with E-state index < -0.39 is 0 Å². The van der Waals surface area contributed by atoms with Crippen LogP contribution < -0.4 is 10.6 Å². The Morgan fingerprint density at radius 3 is 2.39 bits per heavy atom. The van der Waals surface area contributed by atoms with Gasteiger partial charge in [-0.3, -0.25) is 14.8 Å². The predicted molar refractivity (Wildman–Crippen MR) is 129 cm³/mol. The van der Waals surface area contributed by atoms with Gasteiger partial charge in [-0.05, 0) is 31.1 Å².